The van der Waals surface area contributed by atoms with Gasteiger partial charge >= 0.3 is 5.97 Å². The lowest BCUT2D eigenvalue weighted by Gasteiger charge is -2.38. The number of piperidine rings is 1. The molecule has 106 valence electrons. The zero-order valence-electron chi connectivity index (χ0n) is 12.0. The van der Waals surface area contributed by atoms with Gasteiger partial charge in [0.25, 0.3) is 0 Å². The zero-order valence-corrected chi connectivity index (χ0v) is 12.0. The van der Waals surface area contributed by atoms with Crippen molar-refractivity contribution < 1.29 is 9.53 Å². The Morgan fingerprint density at radius 1 is 1.20 bits per heavy atom. The van der Waals surface area contributed by atoms with E-state index in [1.165, 1.54) is 25.5 Å². The van der Waals surface area contributed by atoms with Crippen LogP contribution in [0.25, 0.3) is 0 Å². The number of rotatable bonds is 3. The van der Waals surface area contributed by atoms with Crippen LogP contribution in [0.15, 0.2) is 30.3 Å². The van der Waals surface area contributed by atoms with Crippen molar-refractivity contribution in [2.24, 2.45) is 17.8 Å². The summed E-state index contributed by atoms with van der Waals surface area (Å²) in [5.74, 6) is 2.13. The van der Waals surface area contributed by atoms with Gasteiger partial charge in [-0.25, -0.2) is 0 Å². The minimum atomic E-state index is -0.0365. The third-order valence-corrected chi connectivity index (χ3v) is 5.73. The third-order valence-electron chi connectivity index (χ3n) is 5.73. The predicted molar refractivity (Wildman–Crippen MR) is 76.0 cm³/mol. The fraction of sp³-hybridized carbons (Fsp3) is 0.588. The normalized spacial score (nSPS) is 39.4. The van der Waals surface area contributed by atoms with Crippen molar-refractivity contribution in [2.45, 2.75) is 37.9 Å². The van der Waals surface area contributed by atoms with Crippen LogP contribution in [0.4, 0.5) is 0 Å². The van der Waals surface area contributed by atoms with Crippen LogP contribution in [-0.4, -0.2) is 30.1 Å². The fourth-order valence-electron chi connectivity index (χ4n) is 4.78. The molecule has 0 spiro atoms. The van der Waals surface area contributed by atoms with Crippen molar-refractivity contribution in [3.63, 3.8) is 0 Å². The molecule has 0 radical (unpaired) electrons. The summed E-state index contributed by atoms with van der Waals surface area (Å²) in [5, 5.41) is 0. The lowest BCUT2D eigenvalue weighted by Crippen LogP contribution is -2.48. The molecule has 3 nitrogen and oxygen atoms in total. The highest BCUT2D eigenvalue weighted by molar-refractivity contribution is 5.77. The Labute approximate surface area is 119 Å². The van der Waals surface area contributed by atoms with E-state index >= 15 is 0 Å². The lowest BCUT2D eigenvalue weighted by molar-refractivity contribution is -0.150. The molecule has 0 aromatic heterocycles. The average Bonchev–Trinajstić information content (AvgIpc) is 3.12. The van der Waals surface area contributed by atoms with Gasteiger partial charge in [0.05, 0.1) is 7.11 Å². The van der Waals surface area contributed by atoms with E-state index in [1.807, 2.05) is 6.07 Å². The lowest BCUT2D eigenvalue weighted by atomic mass is 9.94. The van der Waals surface area contributed by atoms with Crippen LogP contribution < -0.4 is 0 Å². The highest BCUT2D eigenvalue weighted by Crippen LogP contribution is 2.64. The van der Waals surface area contributed by atoms with Crippen LogP contribution in [0.5, 0.6) is 0 Å². The molecule has 2 bridgehead atoms. The van der Waals surface area contributed by atoms with Crippen molar-refractivity contribution in [3.05, 3.63) is 35.9 Å². The van der Waals surface area contributed by atoms with Crippen LogP contribution in [-0.2, 0) is 9.53 Å². The molecule has 1 saturated heterocycles. The number of hydrogen-bond acceptors (Lipinski definition) is 3. The Hall–Kier alpha value is -1.35. The third kappa shape index (κ3) is 1.59. The molecule has 0 unspecified atom stereocenters. The smallest absolute Gasteiger partial charge is 0.323 e. The minimum absolute atomic E-state index is 0.0241. The summed E-state index contributed by atoms with van der Waals surface area (Å²) in [4.78, 5) is 14.7. The Bertz CT molecular complexity index is 529. The molecule has 2 saturated carbocycles. The Morgan fingerprint density at radius 3 is 2.65 bits per heavy atom. The van der Waals surface area contributed by atoms with E-state index in [2.05, 4.69) is 36.1 Å². The van der Waals surface area contributed by atoms with E-state index in [0.29, 0.717) is 12.0 Å². The van der Waals surface area contributed by atoms with Crippen molar-refractivity contribution in [2.75, 3.05) is 7.11 Å². The van der Waals surface area contributed by atoms with E-state index < -0.39 is 0 Å². The molecular formula is C17H21NO2. The molecule has 6 atom stereocenters. The number of nitrogens with zero attached hydrogens (tertiary/aromatic N) is 1. The maximum Gasteiger partial charge on any atom is 0.323 e. The maximum atomic E-state index is 12.3. The van der Waals surface area contributed by atoms with Gasteiger partial charge in [0.15, 0.2) is 0 Å². The van der Waals surface area contributed by atoms with Crippen molar-refractivity contribution in [1.82, 2.24) is 4.90 Å². The maximum absolute atomic E-state index is 12.3. The molecule has 3 fully saturated rings. The van der Waals surface area contributed by atoms with Gasteiger partial charge in [0.1, 0.15) is 6.04 Å². The first-order valence-corrected chi connectivity index (χ1v) is 7.62. The molecule has 4 rings (SSSR count). The molecule has 1 aromatic carbocycles. The van der Waals surface area contributed by atoms with Gasteiger partial charge in [-0.1, -0.05) is 30.3 Å². The number of methoxy groups -OCH3 is 1. The van der Waals surface area contributed by atoms with Gasteiger partial charge in [-0.2, -0.15) is 0 Å². The van der Waals surface area contributed by atoms with Crippen LogP contribution in [0, 0.1) is 17.8 Å². The van der Waals surface area contributed by atoms with E-state index in [9.17, 15) is 4.79 Å². The average molecular weight is 271 g/mol. The van der Waals surface area contributed by atoms with Crippen LogP contribution in [0.2, 0.25) is 0 Å². The number of likely N-dealkylation sites (tertiary alicyclic amines) is 1. The molecule has 3 heteroatoms. The quantitative estimate of drug-likeness (QED) is 0.792. The highest BCUT2D eigenvalue weighted by Gasteiger charge is 2.67. The van der Waals surface area contributed by atoms with Gasteiger partial charge in [0.2, 0.25) is 0 Å². The number of esters is 1. The summed E-state index contributed by atoms with van der Waals surface area (Å²) in [6, 6.07) is 11.4. The summed E-state index contributed by atoms with van der Waals surface area (Å²) in [6.45, 7) is 2.23. The standard InChI is InChI=1S/C17H21NO2/c1-10(11-6-4-3-5-7-11)18-15-9-14(12-8-13(12)15)16(18)17(19)20-2/h3-7,10,12-16H,8-9H2,1-2H3/t10-,12-,13+,14-,15+,16+/m0/s1. The van der Waals surface area contributed by atoms with E-state index in [1.54, 1.807) is 0 Å². The topological polar surface area (TPSA) is 29.5 Å². The van der Waals surface area contributed by atoms with Crippen molar-refractivity contribution in [3.8, 4) is 0 Å². The van der Waals surface area contributed by atoms with Crippen molar-refractivity contribution in [1.29, 1.82) is 0 Å². The first-order chi connectivity index (χ1) is 9.72. The molecule has 0 N–H and O–H groups in total. The summed E-state index contributed by atoms with van der Waals surface area (Å²) >= 11 is 0. The Kier molecular flexibility index (Phi) is 2.68. The predicted octanol–water partition coefficient (Wildman–Crippen LogP) is 2.63. The fourth-order valence-corrected chi connectivity index (χ4v) is 4.78. The van der Waals surface area contributed by atoms with Gasteiger partial charge in [-0.15, -0.1) is 0 Å². The second kappa shape index (κ2) is 4.32. The monoisotopic (exact) mass is 271 g/mol. The summed E-state index contributed by atoms with van der Waals surface area (Å²) < 4.78 is 5.09. The van der Waals surface area contributed by atoms with E-state index in [4.69, 9.17) is 4.74 Å². The number of benzene rings is 1. The summed E-state index contributed by atoms with van der Waals surface area (Å²) in [7, 11) is 1.52. The zero-order chi connectivity index (χ0) is 13.9. The molecule has 1 heterocycles. The Morgan fingerprint density at radius 2 is 1.95 bits per heavy atom. The van der Waals surface area contributed by atoms with Crippen LogP contribution in [0.3, 0.4) is 0 Å². The first-order valence-electron chi connectivity index (χ1n) is 7.62. The SMILES string of the molecule is COC(=O)[C@H]1[C@H]2C[C@H]([C@@H]3C[C@@H]32)N1[C@@H](C)c1ccccc1. The molecule has 1 aromatic rings. The van der Waals surface area contributed by atoms with Crippen molar-refractivity contribution >= 4 is 5.97 Å². The van der Waals surface area contributed by atoms with Crippen LogP contribution in [0.1, 0.15) is 31.4 Å². The van der Waals surface area contributed by atoms with E-state index in [-0.39, 0.29) is 18.1 Å². The van der Waals surface area contributed by atoms with Gasteiger partial charge in [0, 0.05) is 12.1 Å². The van der Waals surface area contributed by atoms with Crippen LogP contribution >= 0.6 is 0 Å². The number of carbonyl (C=O) groups is 1. The largest absolute Gasteiger partial charge is 0.468 e. The minimum Gasteiger partial charge on any atom is -0.468 e. The Balaban J connectivity index is 1.67. The second-order valence-corrected chi connectivity index (χ2v) is 6.53. The number of hydrogen-bond donors (Lipinski definition) is 0. The summed E-state index contributed by atoms with van der Waals surface area (Å²) in [5.41, 5.74) is 1.30. The highest BCUT2D eigenvalue weighted by atomic mass is 16.5. The van der Waals surface area contributed by atoms with Gasteiger partial charge in [-0.05, 0) is 43.1 Å². The van der Waals surface area contributed by atoms with Gasteiger partial charge in [-0.3, -0.25) is 9.69 Å². The molecule has 20 heavy (non-hydrogen) atoms. The van der Waals surface area contributed by atoms with E-state index in [0.717, 1.165) is 11.8 Å². The molecular weight excluding hydrogens is 250 g/mol. The second-order valence-electron chi connectivity index (χ2n) is 6.53. The number of fused-ring (bicyclic) bond motifs is 5. The molecule has 3 aliphatic rings. The molecule has 0 amide bonds. The molecule has 1 aliphatic heterocycles. The number of ether oxygens (including phenoxy) is 1. The van der Waals surface area contributed by atoms with Gasteiger partial charge < -0.3 is 4.74 Å². The summed E-state index contributed by atoms with van der Waals surface area (Å²) in [6.07, 6.45) is 2.51. The molecule has 2 aliphatic carbocycles. The first kappa shape index (κ1) is 12.4. The number of carbonyl (C=O) groups excluding carboxylic acids is 1.